The molecule has 0 aromatic carbocycles. The van der Waals surface area contributed by atoms with Gasteiger partial charge in [0.2, 0.25) is 0 Å². The minimum absolute atomic E-state index is 0.0702. The van der Waals surface area contributed by atoms with Crippen molar-refractivity contribution in [3.8, 4) is 0 Å². The summed E-state index contributed by atoms with van der Waals surface area (Å²) in [6, 6.07) is 0. The summed E-state index contributed by atoms with van der Waals surface area (Å²) in [6.45, 7) is 7.77. The molecular weight excluding hydrogens is 294 g/mol. The highest BCUT2D eigenvalue weighted by Gasteiger charge is 2.31. The maximum Gasteiger partial charge on any atom is 0.307 e. The monoisotopic (exact) mass is 321 g/mol. The lowest BCUT2D eigenvalue weighted by atomic mass is 10.0. The Labute approximate surface area is 127 Å². The van der Waals surface area contributed by atoms with Crippen molar-refractivity contribution in [2.75, 3.05) is 39.3 Å². The summed E-state index contributed by atoms with van der Waals surface area (Å²) in [6.07, 6.45) is 1.89. The van der Waals surface area contributed by atoms with E-state index in [1.54, 1.807) is 0 Å². The van der Waals surface area contributed by atoms with Crippen LogP contribution in [0.2, 0.25) is 0 Å². The predicted octanol–water partition coefficient (Wildman–Crippen LogP) is 0.349. The molecule has 7 nitrogen and oxygen atoms in total. The Morgan fingerprint density at radius 3 is 2.62 bits per heavy atom. The van der Waals surface area contributed by atoms with Gasteiger partial charge in [-0.25, -0.2) is 4.72 Å². The zero-order valence-electron chi connectivity index (χ0n) is 12.9. The first-order chi connectivity index (χ1) is 9.90. The summed E-state index contributed by atoms with van der Waals surface area (Å²) in [5.74, 6) is -1.51. The van der Waals surface area contributed by atoms with Gasteiger partial charge in [-0.2, -0.15) is 12.7 Å². The largest absolute Gasteiger partial charge is 0.481 e. The van der Waals surface area contributed by atoms with E-state index in [1.807, 2.05) is 0 Å². The van der Waals surface area contributed by atoms with E-state index in [0.717, 1.165) is 26.1 Å². The highest BCUT2D eigenvalue weighted by molar-refractivity contribution is 7.87. The fourth-order valence-corrected chi connectivity index (χ4v) is 3.83. The quantitative estimate of drug-likeness (QED) is 0.598. The number of carbonyl (C=O) groups is 1. The van der Waals surface area contributed by atoms with Crippen LogP contribution in [0.1, 0.15) is 33.1 Å². The minimum atomic E-state index is -3.56. The van der Waals surface area contributed by atoms with Crippen LogP contribution in [0.3, 0.4) is 0 Å². The van der Waals surface area contributed by atoms with Crippen LogP contribution < -0.4 is 4.72 Å². The van der Waals surface area contributed by atoms with E-state index in [-0.39, 0.29) is 6.54 Å². The Hall–Kier alpha value is -0.700. The van der Waals surface area contributed by atoms with Gasteiger partial charge in [0.1, 0.15) is 0 Å². The molecule has 8 heteroatoms. The number of aliphatic carboxylic acids is 1. The molecule has 1 atom stereocenters. The zero-order chi connectivity index (χ0) is 15.9. The summed E-state index contributed by atoms with van der Waals surface area (Å²) in [4.78, 5) is 13.2. The molecule has 0 aromatic heterocycles. The van der Waals surface area contributed by atoms with Gasteiger partial charge >= 0.3 is 5.97 Å². The molecule has 0 amide bonds. The van der Waals surface area contributed by atoms with Crippen LogP contribution >= 0.6 is 0 Å². The van der Waals surface area contributed by atoms with Gasteiger partial charge in [-0.05, 0) is 38.9 Å². The van der Waals surface area contributed by atoms with Crippen LogP contribution in [0.4, 0.5) is 0 Å². The van der Waals surface area contributed by atoms with Gasteiger partial charge in [0.25, 0.3) is 10.2 Å². The number of hydrogen-bond donors (Lipinski definition) is 2. The number of carboxylic acids is 1. The maximum atomic E-state index is 12.1. The number of carboxylic acid groups (broad SMARTS) is 1. The Bertz CT molecular complexity index is 423. The molecular formula is C13H27N3O4S. The summed E-state index contributed by atoms with van der Waals surface area (Å²) in [7, 11) is -3.56. The van der Waals surface area contributed by atoms with Crippen LogP contribution in [0, 0.1) is 5.92 Å². The standard InChI is InChI=1S/C13H27N3O4S/c1-3-15(4-2)9-6-8-14-21(19,20)16-10-5-7-12(11-16)13(17)18/h12,14H,3-11H2,1-2H3,(H,17,18). The zero-order valence-corrected chi connectivity index (χ0v) is 13.7. The topological polar surface area (TPSA) is 90.0 Å². The third kappa shape index (κ3) is 5.90. The lowest BCUT2D eigenvalue weighted by molar-refractivity contribution is -0.142. The van der Waals surface area contributed by atoms with Crippen molar-refractivity contribution in [1.82, 2.24) is 13.9 Å². The molecule has 21 heavy (non-hydrogen) atoms. The smallest absolute Gasteiger partial charge is 0.307 e. The maximum absolute atomic E-state index is 12.1. The fraction of sp³-hybridized carbons (Fsp3) is 0.923. The van der Waals surface area contributed by atoms with E-state index in [1.165, 1.54) is 4.31 Å². The lowest BCUT2D eigenvalue weighted by Crippen LogP contribution is -2.47. The van der Waals surface area contributed by atoms with Crippen molar-refractivity contribution >= 4 is 16.2 Å². The first kappa shape index (κ1) is 18.3. The predicted molar refractivity (Wildman–Crippen MR) is 81.3 cm³/mol. The molecule has 0 saturated carbocycles. The molecule has 2 N–H and O–H groups in total. The number of piperidine rings is 1. The van der Waals surface area contributed by atoms with E-state index in [9.17, 15) is 13.2 Å². The Kier molecular flexibility index (Phi) is 7.58. The molecule has 0 radical (unpaired) electrons. The number of nitrogens with one attached hydrogen (secondary N) is 1. The molecule has 1 heterocycles. The van der Waals surface area contributed by atoms with Crippen LogP contribution in [-0.2, 0) is 15.0 Å². The highest BCUT2D eigenvalue weighted by Crippen LogP contribution is 2.18. The number of hydrogen-bond acceptors (Lipinski definition) is 4. The van der Waals surface area contributed by atoms with Crippen LogP contribution in [0.25, 0.3) is 0 Å². The molecule has 1 saturated heterocycles. The van der Waals surface area contributed by atoms with Crippen molar-refractivity contribution in [2.45, 2.75) is 33.1 Å². The first-order valence-electron chi connectivity index (χ1n) is 7.60. The van der Waals surface area contributed by atoms with Crippen molar-refractivity contribution in [2.24, 2.45) is 5.92 Å². The fourth-order valence-electron chi connectivity index (χ4n) is 2.50. The molecule has 1 unspecified atom stereocenters. The molecule has 0 bridgehead atoms. The average Bonchev–Trinajstić information content (AvgIpc) is 2.47. The summed E-state index contributed by atoms with van der Waals surface area (Å²) in [5.41, 5.74) is 0. The van der Waals surface area contributed by atoms with Gasteiger partial charge in [-0.15, -0.1) is 0 Å². The normalized spacial score (nSPS) is 20.8. The van der Waals surface area contributed by atoms with E-state index in [0.29, 0.717) is 25.9 Å². The van der Waals surface area contributed by atoms with Gasteiger partial charge in [-0.1, -0.05) is 13.8 Å². The second kappa shape index (κ2) is 8.67. The van der Waals surface area contributed by atoms with Crippen molar-refractivity contribution in [3.63, 3.8) is 0 Å². The Morgan fingerprint density at radius 1 is 1.38 bits per heavy atom. The van der Waals surface area contributed by atoms with Crippen LogP contribution in [0.15, 0.2) is 0 Å². The van der Waals surface area contributed by atoms with Crippen LogP contribution in [-0.4, -0.2) is 68.0 Å². The van der Waals surface area contributed by atoms with Gasteiger partial charge in [-0.3, -0.25) is 4.79 Å². The van der Waals surface area contributed by atoms with Crippen LogP contribution in [0.5, 0.6) is 0 Å². The molecule has 124 valence electrons. The molecule has 1 aliphatic heterocycles. The van der Waals surface area contributed by atoms with Gasteiger partial charge in [0.15, 0.2) is 0 Å². The molecule has 1 aliphatic rings. The van der Waals surface area contributed by atoms with Gasteiger partial charge in [0, 0.05) is 19.6 Å². The number of nitrogens with zero attached hydrogens (tertiary/aromatic N) is 2. The SMILES string of the molecule is CCN(CC)CCCNS(=O)(=O)N1CCCC(C(=O)O)C1. The average molecular weight is 321 g/mol. The first-order valence-corrected chi connectivity index (χ1v) is 9.04. The lowest BCUT2D eigenvalue weighted by Gasteiger charge is -2.29. The van der Waals surface area contributed by atoms with E-state index in [4.69, 9.17) is 5.11 Å². The van der Waals surface area contributed by atoms with E-state index < -0.39 is 22.1 Å². The molecule has 0 aromatic rings. The van der Waals surface area contributed by atoms with Gasteiger partial charge < -0.3 is 10.0 Å². The van der Waals surface area contributed by atoms with Crippen molar-refractivity contribution in [3.05, 3.63) is 0 Å². The summed E-state index contributed by atoms with van der Waals surface area (Å²) in [5, 5.41) is 9.00. The summed E-state index contributed by atoms with van der Waals surface area (Å²) >= 11 is 0. The van der Waals surface area contributed by atoms with Gasteiger partial charge in [0.05, 0.1) is 5.92 Å². The molecule has 1 fully saturated rings. The molecule has 1 rings (SSSR count). The number of rotatable bonds is 9. The van der Waals surface area contributed by atoms with E-state index >= 15 is 0 Å². The summed E-state index contributed by atoms with van der Waals surface area (Å²) < 4.78 is 28.1. The Balaban J connectivity index is 2.40. The second-order valence-electron chi connectivity index (χ2n) is 5.32. The third-order valence-corrected chi connectivity index (χ3v) is 5.48. The Morgan fingerprint density at radius 2 is 2.05 bits per heavy atom. The molecule has 0 aliphatic carbocycles. The highest BCUT2D eigenvalue weighted by atomic mass is 32.2. The molecule has 0 spiro atoms. The van der Waals surface area contributed by atoms with E-state index in [2.05, 4.69) is 23.5 Å². The third-order valence-electron chi connectivity index (χ3n) is 3.90. The van der Waals surface area contributed by atoms with Crippen molar-refractivity contribution in [1.29, 1.82) is 0 Å². The van der Waals surface area contributed by atoms with Crippen molar-refractivity contribution < 1.29 is 18.3 Å². The second-order valence-corrected chi connectivity index (χ2v) is 7.07. The minimum Gasteiger partial charge on any atom is -0.481 e.